The lowest BCUT2D eigenvalue weighted by Gasteiger charge is -2.34. The molecule has 0 nitrogen and oxygen atoms in total. The smallest absolute Gasteiger partial charge is 0.00280 e. The Kier molecular flexibility index (Phi) is 3.48. The summed E-state index contributed by atoms with van der Waals surface area (Å²) >= 11 is 0. The first-order chi connectivity index (χ1) is 16.3. The molecule has 0 saturated heterocycles. The standard InChI is InChI=1S/C33H26/c1-3-7-23-15-29-19-31-25(17-27(29)13-21(23)5-1)9-11-33(31)12-10-26-18-28-14-22-6-2-4-8-24(22)16-30(28)20-32(26)33/h1-8,13-20,25,31H,9-12H2. The molecule has 1 saturated carbocycles. The summed E-state index contributed by atoms with van der Waals surface area (Å²) in [7, 11) is 0. The van der Waals surface area contributed by atoms with Gasteiger partial charge in [-0.2, -0.15) is 0 Å². The van der Waals surface area contributed by atoms with Crippen molar-refractivity contribution >= 4 is 44.5 Å². The Bertz CT molecular complexity index is 1740. The van der Waals surface area contributed by atoms with Crippen LogP contribution in [-0.2, 0) is 11.8 Å². The maximum Gasteiger partial charge on any atom is 0.00280 e. The van der Waals surface area contributed by atoms with Gasteiger partial charge in [-0.1, -0.05) is 72.8 Å². The molecular weight excluding hydrogens is 396 g/mol. The fraction of sp³-hybridized carbons (Fsp3) is 0.212. The Morgan fingerprint density at radius 2 is 1.18 bits per heavy atom. The van der Waals surface area contributed by atoms with Gasteiger partial charge in [0.2, 0.25) is 0 Å². The van der Waals surface area contributed by atoms with E-state index in [0.29, 0.717) is 17.3 Å². The summed E-state index contributed by atoms with van der Waals surface area (Å²) in [5.41, 5.74) is 3.54. The predicted molar refractivity (Wildman–Crippen MR) is 140 cm³/mol. The van der Waals surface area contributed by atoms with Gasteiger partial charge < -0.3 is 0 Å². The Labute approximate surface area is 193 Å². The highest BCUT2D eigenvalue weighted by atomic mass is 14.5. The van der Waals surface area contributed by atoms with E-state index in [1.807, 2.05) is 0 Å². The predicted octanol–water partition coefficient (Wildman–Crippen LogP) is 6.63. The van der Waals surface area contributed by atoms with Gasteiger partial charge in [-0.3, -0.25) is 0 Å². The lowest BCUT2D eigenvalue weighted by atomic mass is 9.69. The van der Waals surface area contributed by atoms with Crippen LogP contribution in [0.5, 0.6) is 0 Å². The number of rotatable bonds is 0. The Balaban J connectivity index is 1.32. The zero-order valence-electron chi connectivity index (χ0n) is 18.7. The van der Waals surface area contributed by atoms with E-state index >= 15 is 0 Å². The summed E-state index contributed by atoms with van der Waals surface area (Å²) < 4.78 is 0. The number of hydrogen-bond donors (Lipinski definition) is 0. The third kappa shape index (κ3) is 2.47. The van der Waals surface area contributed by atoms with E-state index in [0.717, 1.165) is 0 Å². The van der Waals surface area contributed by atoms with E-state index in [9.17, 15) is 0 Å². The number of hydrogen-bond acceptors (Lipinski definition) is 0. The first kappa shape index (κ1) is 18.1. The third-order valence-corrected chi connectivity index (χ3v) is 9.03. The Morgan fingerprint density at radius 1 is 0.576 bits per heavy atom. The Morgan fingerprint density at radius 3 is 1.88 bits per heavy atom. The maximum atomic E-state index is 2.65. The normalized spacial score (nSPS) is 25.1. The molecule has 5 aromatic rings. The minimum absolute atomic E-state index is 0.305. The molecule has 5 aromatic carbocycles. The van der Waals surface area contributed by atoms with E-state index < -0.39 is 0 Å². The minimum Gasteiger partial charge on any atom is -0.0729 e. The molecule has 3 aliphatic rings. The average Bonchev–Trinajstić information content (AvgIpc) is 3.39. The summed E-state index contributed by atoms with van der Waals surface area (Å²) in [5, 5.41) is 11.1. The fourth-order valence-corrected chi connectivity index (χ4v) is 7.45. The van der Waals surface area contributed by atoms with Crippen LogP contribution in [0.3, 0.4) is 0 Å². The van der Waals surface area contributed by atoms with Gasteiger partial charge in [0.25, 0.3) is 0 Å². The van der Waals surface area contributed by atoms with Crippen LogP contribution in [0, 0.1) is 11.8 Å². The van der Waals surface area contributed by atoms with Gasteiger partial charge in [0.15, 0.2) is 0 Å². The monoisotopic (exact) mass is 422 g/mol. The van der Waals surface area contributed by atoms with Gasteiger partial charge in [-0.25, -0.2) is 0 Å². The molecule has 1 spiro atoms. The van der Waals surface area contributed by atoms with Gasteiger partial charge >= 0.3 is 0 Å². The molecule has 3 unspecified atom stereocenters. The van der Waals surface area contributed by atoms with Gasteiger partial charge in [0.1, 0.15) is 0 Å². The van der Waals surface area contributed by atoms with Crippen molar-refractivity contribution in [2.24, 2.45) is 11.8 Å². The Hall–Kier alpha value is -3.38. The second-order valence-electron chi connectivity index (χ2n) is 10.6. The first-order valence-corrected chi connectivity index (χ1v) is 12.5. The summed E-state index contributed by atoms with van der Waals surface area (Å²) in [6, 6.07) is 32.3. The zero-order valence-corrected chi connectivity index (χ0v) is 18.7. The van der Waals surface area contributed by atoms with Crippen molar-refractivity contribution < 1.29 is 0 Å². The zero-order chi connectivity index (χ0) is 21.6. The van der Waals surface area contributed by atoms with E-state index in [4.69, 9.17) is 0 Å². The molecule has 0 bridgehead atoms. The fourth-order valence-electron chi connectivity index (χ4n) is 7.45. The summed E-state index contributed by atoms with van der Waals surface area (Å²) in [4.78, 5) is 0. The van der Waals surface area contributed by atoms with Crippen molar-refractivity contribution in [3.05, 3.63) is 106 Å². The number of benzene rings is 5. The van der Waals surface area contributed by atoms with E-state index in [1.165, 1.54) is 68.4 Å². The van der Waals surface area contributed by atoms with E-state index in [-0.39, 0.29) is 0 Å². The van der Waals surface area contributed by atoms with Crippen LogP contribution in [-0.4, -0.2) is 0 Å². The highest BCUT2D eigenvalue weighted by Crippen LogP contribution is 2.57. The molecule has 3 aliphatic carbocycles. The van der Waals surface area contributed by atoms with Crippen LogP contribution in [0.15, 0.2) is 84.9 Å². The third-order valence-electron chi connectivity index (χ3n) is 9.03. The number of fused-ring (bicyclic) bond motifs is 8. The molecule has 158 valence electrons. The average molecular weight is 423 g/mol. The molecule has 0 amide bonds. The molecule has 0 heterocycles. The highest BCUT2D eigenvalue weighted by molar-refractivity contribution is 5.99. The highest BCUT2D eigenvalue weighted by Gasteiger charge is 2.51. The van der Waals surface area contributed by atoms with Crippen molar-refractivity contribution in [2.45, 2.75) is 31.1 Å². The molecule has 33 heavy (non-hydrogen) atoms. The molecular formula is C33H26. The first-order valence-electron chi connectivity index (χ1n) is 12.5. The summed E-state index contributed by atoms with van der Waals surface area (Å²) in [6.07, 6.45) is 10.4. The van der Waals surface area contributed by atoms with Crippen LogP contribution in [0.25, 0.3) is 44.5 Å². The van der Waals surface area contributed by atoms with Crippen LogP contribution in [0.1, 0.15) is 30.4 Å². The quantitative estimate of drug-likeness (QED) is 0.246. The minimum atomic E-state index is 0.305. The molecule has 1 fully saturated rings. The largest absolute Gasteiger partial charge is 0.0729 e. The van der Waals surface area contributed by atoms with Crippen molar-refractivity contribution in [2.75, 3.05) is 0 Å². The van der Waals surface area contributed by atoms with Crippen molar-refractivity contribution in [3.8, 4) is 0 Å². The lowest BCUT2D eigenvalue weighted by Crippen LogP contribution is -2.37. The van der Waals surface area contributed by atoms with E-state index in [2.05, 4.69) is 97.1 Å². The number of aryl methyl sites for hydroxylation is 1. The summed E-state index contributed by atoms with van der Waals surface area (Å²) in [6.45, 7) is 0. The van der Waals surface area contributed by atoms with Gasteiger partial charge in [-0.05, 0) is 116 Å². The van der Waals surface area contributed by atoms with Crippen LogP contribution < -0.4 is 10.4 Å². The molecule has 0 N–H and O–H groups in total. The van der Waals surface area contributed by atoms with Crippen molar-refractivity contribution in [1.82, 2.24) is 0 Å². The van der Waals surface area contributed by atoms with Crippen LogP contribution in [0.4, 0.5) is 0 Å². The molecule has 0 aromatic heterocycles. The second-order valence-corrected chi connectivity index (χ2v) is 10.6. The molecule has 0 aliphatic heterocycles. The maximum absolute atomic E-state index is 2.65. The van der Waals surface area contributed by atoms with Crippen molar-refractivity contribution in [1.29, 1.82) is 0 Å². The molecule has 3 atom stereocenters. The van der Waals surface area contributed by atoms with Gasteiger partial charge in [0, 0.05) is 5.41 Å². The topological polar surface area (TPSA) is 0 Å². The SMILES string of the molecule is C1=c2cc3ccccc3cc2=CC2C1CCC21CCc2cc3cc4ccccc4cc3cc21. The lowest BCUT2D eigenvalue weighted by molar-refractivity contribution is 0.363. The molecule has 0 heteroatoms. The van der Waals surface area contributed by atoms with Gasteiger partial charge in [0.05, 0.1) is 0 Å². The van der Waals surface area contributed by atoms with E-state index in [1.54, 1.807) is 11.1 Å². The second kappa shape index (κ2) is 6.35. The van der Waals surface area contributed by atoms with Gasteiger partial charge in [-0.15, -0.1) is 0 Å². The van der Waals surface area contributed by atoms with Crippen LogP contribution in [0.2, 0.25) is 0 Å². The molecule has 8 rings (SSSR count). The molecule has 0 radical (unpaired) electrons. The summed E-state index contributed by atoms with van der Waals surface area (Å²) in [5.74, 6) is 1.28. The van der Waals surface area contributed by atoms with Crippen LogP contribution >= 0.6 is 0 Å². The van der Waals surface area contributed by atoms with Crippen molar-refractivity contribution in [3.63, 3.8) is 0 Å².